The molecule has 0 bridgehead atoms. The van der Waals surface area contributed by atoms with E-state index in [9.17, 15) is 8.42 Å². The molecule has 5 heteroatoms. The van der Waals surface area contributed by atoms with Crippen molar-refractivity contribution in [2.75, 3.05) is 12.3 Å². The van der Waals surface area contributed by atoms with E-state index in [0.717, 1.165) is 22.6 Å². The van der Waals surface area contributed by atoms with Crippen molar-refractivity contribution < 1.29 is 8.42 Å². The second-order valence-electron chi connectivity index (χ2n) is 5.20. The molecule has 118 valence electrons. The Kier molecular flexibility index (Phi) is 6.06. The molecule has 2 aromatic carbocycles. The van der Waals surface area contributed by atoms with Crippen molar-refractivity contribution in [3.05, 3.63) is 65.2 Å². The Morgan fingerprint density at radius 1 is 1.05 bits per heavy atom. The van der Waals surface area contributed by atoms with E-state index in [1.807, 2.05) is 44.2 Å². The molecule has 0 spiro atoms. The highest BCUT2D eigenvalue weighted by molar-refractivity contribution is 7.98. The predicted octanol–water partition coefficient (Wildman–Crippen LogP) is 3.52. The molecule has 0 aliphatic heterocycles. The lowest BCUT2D eigenvalue weighted by molar-refractivity contribution is 0.583. The van der Waals surface area contributed by atoms with Crippen LogP contribution in [0.15, 0.2) is 53.4 Å². The van der Waals surface area contributed by atoms with Crippen LogP contribution in [0.3, 0.4) is 0 Å². The van der Waals surface area contributed by atoms with Crippen LogP contribution >= 0.6 is 11.8 Å². The Morgan fingerprint density at radius 3 is 2.45 bits per heavy atom. The summed E-state index contributed by atoms with van der Waals surface area (Å²) < 4.78 is 27.2. The first-order valence-electron chi connectivity index (χ1n) is 7.17. The summed E-state index contributed by atoms with van der Waals surface area (Å²) in [6, 6.07) is 15.6. The summed E-state index contributed by atoms with van der Waals surface area (Å²) in [6.45, 7) is 4.22. The standard InChI is InChI=1S/C17H21NO2S2/c1-14-8-9-17(15(2)12-14)22(19,20)18-10-11-21-13-16-6-4-3-5-7-16/h3-9,12,18H,10-11,13H2,1-2H3. The summed E-state index contributed by atoms with van der Waals surface area (Å²) in [6.07, 6.45) is 0. The zero-order valence-corrected chi connectivity index (χ0v) is 14.5. The Bertz CT molecular complexity index is 713. The molecule has 0 aromatic heterocycles. The highest BCUT2D eigenvalue weighted by Gasteiger charge is 2.15. The highest BCUT2D eigenvalue weighted by atomic mass is 32.2. The van der Waals surface area contributed by atoms with Gasteiger partial charge in [0.25, 0.3) is 0 Å². The first-order valence-corrected chi connectivity index (χ1v) is 9.81. The molecule has 0 fully saturated rings. The van der Waals surface area contributed by atoms with Crippen LogP contribution in [0.25, 0.3) is 0 Å². The minimum atomic E-state index is -3.42. The van der Waals surface area contributed by atoms with Gasteiger partial charge in [-0.25, -0.2) is 13.1 Å². The average molecular weight is 335 g/mol. The molecule has 0 heterocycles. The van der Waals surface area contributed by atoms with Gasteiger partial charge in [-0.2, -0.15) is 11.8 Å². The van der Waals surface area contributed by atoms with Gasteiger partial charge in [0, 0.05) is 18.1 Å². The molecular formula is C17H21NO2S2. The molecule has 2 rings (SSSR count). The van der Waals surface area contributed by atoms with Crippen molar-refractivity contribution in [2.24, 2.45) is 0 Å². The second kappa shape index (κ2) is 7.81. The van der Waals surface area contributed by atoms with Crippen molar-refractivity contribution >= 4 is 21.8 Å². The molecule has 1 N–H and O–H groups in total. The van der Waals surface area contributed by atoms with E-state index in [2.05, 4.69) is 16.9 Å². The fraction of sp³-hybridized carbons (Fsp3) is 0.294. The fourth-order valence-corrected chi connectivity index (χ4v) is 4.40. The van der Waals surface area contributed by atoms with Crippen molar-refractivity contribution in [3.63, 3.8) is 0 Å². The van der Waals surface area contributed by atoms with E-state index in [0.29, 0.717) is 11.4 Å². The summed E-state index contributed by atoms with van der Waals surface area (Å²) in [7, 11) is -3.42. The van der Waals surface area contributed by atoms with Crippen LogP contribution in [0, 0.1) is 13.8 Å². The molecule has 0 aliphatic rings. The van der Waals surface area contributed by atoms with Crippen molar-refractivity contribution in [3.8, 4) is 0 Å². The lowest BCUT2D eigenvalue weighted by Crippen LogP contribution is -2.26. The van der Waals surface area contributed by atoms with Crippen LogP contribution in [0.1, 0.15) is 16.7 Å². The zero-order valence-electron chi connectivity index (χ0n) is 12.9. The molecule has 2 aromatic rings. The van der Waals surface area contributed by atoms with Crippen LogP contribution in [0.5, 0.6) is 0 Å². The van der Waals surface area contributed by atoms with Gasteiger partial charge in [0.2, 0.25) is 10.0 Å². The van der Waals surface area contributed by atoms with Gasteiger partial charge >= 0.3 is 0 Å². The van der Waals surface area contributed by atoms with Gasteiger partial charge in [0.15, 0.2) is 0 Å². The minimum Gasteiger partial charge on any atom is -0.210 e. The predicted molar refractivity (Wildman–Crippen MR) is 93.7 cm³/mol. The van der Waals surface area contributed by atoms with E-state index >= 15 is 0 Å². The normalized spacial score (nSPS) is 11.5. The van der Waals surface area contributed by atoms with Crippen LogP contribution < -0.4 is 4.72 Å². The van der Waals surface area contributed by atoms with Crippen molar-refractivity contribution in [2.45, 2.75) is 24.5 Å². The van der Waals surface area contributed by atoms with E-state index in [1.165, 1.54) is 5.56 Å². The second-order valence-corrected chi connectivity index (χ2v) is 8.05. The molecular weight excluding hydrogens is 314 g/mol. The smallest absolute Gasteiger partial charge is 0.210 e. The van der Waals surface area contributed by atoms with Crippen LogP contribution in [-0.4, -0.2) is 20.7 Å². The van der Waals surface area contributed by atoms with E-state index in [1.54, 1.807) is 17.8 Å². The monoisotopic (exact) mass is 335 g/mol. The number of nitrogens with one attached hydrogen (secondary N) is 1. The molecule has 0 aliphatic carbocycles. The number of hydrogen-bond acceptors (Lipinski definition) is 3. The largest absolute Gasteiger partial charge is 0.240 e. The van der Waals surface area contributed by atoms with Gasteiger partial charge in [0.05, 0.1) is 4.90 Å². The summed E-state index contributed by atoms with van der Waals surface area (Å²) >= 11 is 1.72. The van der Waals surface area contributed by atoms with Crippen molar-refractivity contribution in [1.29, 1.82) is 0 Å². The highest BCUT2D eigenvalue weighted by Crippen LogP contribution is 2.16. The molecule has 0 unspecified atom stereocenters. The van der Waals surface area contributed by atoms with Gasteiger partial charge in [-0.15, -0.1) is 0 Å². The first kappa shape index (κ1) is 17.1. The molecule has 0 atom stereocenters. The molecule has 0 saturated carbocycles. The maximum absolute atomic E-state index is 12.3. The van der Waals surface area contributed by atoms with E-state index in [-0.39, 0.29) is 0 Å². The van der Waals surface area contributed by atoms with Gasteiger partial charge in [0.1, 0.15) is 0 Å². The Balaban J connectivity index is 1.83. The van der Waals surface area contributed by atoms with Gasteiger partial charge in [-0.1, -0.05) is 48.0 Å². The van der Waals surface area contributed by atoms with E-state index < -0.39 is 10.0 Å². The van der Waals surface area contributed by atoms with Gasteiger partial charge < -0.3 is 0 Å². The van der Waals surface area contributed by atoms with Gasteiger partial charge in [-0.05, 0) is 31.0 Å². The third-order valence-corrected chi connectivity index (χ3v) is 5.92. The lowest BCUT2D eigenvalue weighted by atomic mass is 10.2. The average Bonchev–Trinajstić information content (AvgIpc) is 2.47. The minimum absolute atomic E-state index is 0.367. The van der Waals surface area contributed by atoms with Crippen LogP contribution in [0.2, 0.25) is 0 Å². The third-order valence-electron chi connectivity index (χ3n) is 3.27. The fourth-order valence-electron chi connectivity index (χ4n) is 2.19. The SMILES string of the molecule is Cc1ccc(S(=O)(=O)NCCSCc2ccccc2)c(C)c1. The summed E-state index contributed by atoms with van der Waals surface area (Å²) in [5, 5.41) is 0. The Labute approximate surface area is 137 Å². The lowest BCUT2D eigenvalue weighted by Gasteiger charge is -2.10. The quantitative estimate of drug-likeness (QED) is 0.788. The topological polar surface area (TPSA) is 46.2 Å². The Hall–Kier alpha value is -1.30. The first-order chi connectivity index (χ1) is 10.5. The number of aryl methyl sites for hydroxylation is 2. The number of rotatable bonds is 7. The summed E-state index contributed by atoms with van der Waals surface area (Å²) in [5.41, 5.74) is 3.10. The summed E-state index contributed by atoms with van der Waals surface area (Å²) in [5.74, 6) is 1.64. The number of hydrogen-bond donors (Lipinski definition) is 1. The maximum atomic E-state index is 12.3. The van der Waals surface area contributed by atoms with Crippen molar-refractivity contribution in [1.82, 2.24) is 4.72 Å². The number of sulfonamides is 1. The third kappa shape index (κ3) is 4.87. The molecule has 0 radical (unpaired) electrons. The molecule has 3 nitrogen and oxygen atoms in total. The number of benzene rings is 2. The van der Waals surface area contributed by atoms with Gasteiger partial charge in [-0.3, -0.25) is 0 Å². The maximum Gasteiger partial charge on any atom is 0.240 e. The Morgan fingerprint density at radius 2 is 1.77 bits per heavy atom. The van der Waals surface area contributed by atoms with Crippen LogP contribution in [-0.2, 0) is 15.8 Å². The summed E-state index contributed by atoms with van der Waals surface area (Å²) in [4.78, 5) is 0.367. The van der Waals surface area contributed by atoms with E-state index in [4.69, 9.17) is 0 Å². The molecule has 0 amide bonds. The molecule has 0 saturated heterocycles. The zero-order chi connectivity index (χ0) is 16.0. The molecule has 22 heavy (non-hydrogen) atoms. The van der Waals surface area contributed by atoms with Crippen LogP contribution in [0.4, 0.5) is 0 Å². The number of thioether (sulfide) groups is 1.